The van der Waals surface area contributed by atoms with Crippen LogP contribution in [-0.2, 0) is 10.2 Å². The van der Waals surface area contributed by atoms with Crippen molar-refractivity contribution in [1.29, 1.82) is 0 Å². The first-order valence-corrected chi connectivity index (χ1v) is 5.60. The van der Waals surface area contributed by atoms with Crippen LogP contribution in [0.1, 0.15) is 24.8 Å². The summed E-state index contributed by atoms with van der Waals surface area (Å²) in [5.74, 6) is 5.09. The minimum Gasteiger partial charge on any atom is -0.293 e. The van der Waals surface area contributed by atoms with Crippen molar-refractivity contribution < 1.29 is 4.79 Å². The average Bonchev–Trinajstić information content (AvgIpc) is 2.16. The van der Waals surface area contributed by atoms with Crippen molar-refractivity contribution in [3.05, 3.63) is 28.5 Å². The molecule has 0 aliphatic heterocycles. The van der Waals surface area contributed by atoms with E-state index in [1.165, 1.54) is 0 Å². The minimum absolute atomic E-state index is 0.117. The van der Waals surface area contributed by atoms with Crippen molar-refractivity contribution in [1.82, 2.24) is 10.4 Å². The number of hydrazine groups is 1. The second-order valence-corrected chi connectivity index (χ2v) is 4.72. The Bertz CT molecular complexity index is 390. The van der Waals surface area contributed by atoms with Crippen molar-refractivity contribution in [3.63, 3.8) is 0 Å². The summed E-state index contributed by atoms with van der Waals surface area (Å²) in [6.45, 7) is 0. The van der Waals surface area contributed by atoms with Gasteiger partial charge in [0.05, 0.1) is 5.41 Å². The third-order valence-corrected chi connectivity index (χ3v) is 3.46. The lowest BCUT2D eigenvalue weighted by Crippen LogP contribution is -2.51. The molecule has 1 aliphatic carbocycles. The Balaban J connectivity index is 2.38. The molecule has 80 valence electrons. The first kappa shape index (κ1) is 10.6. The zero-order chi connectivity index (χ0) is 10.9. The topological polar surface area (TPSA) is 68.0 Å². The van der Waals surface area contributed by atoms with Crippen molar-refractivity contribution in [2.75, 3.05) is 0 Å². The SMILES string of the molecule is NNC(=O)C1(c2cncc(Br)c2)CCC1. The number of halogens is 1. The molecule has 1 heterocycles. The molecular weight excluding hydrogens is 258 g/mol. The van der Waals surface area contributed by atoms with Crippen LogP contribution in [0.2, 0.25) is 0 Å². The maximum absolute atomic E-state index is 11.7. The summed E-state index contributed by atoms with van der Waals surface area (Å²) in [7, 11) is 0. The van der Waals surface area contributed by atoms with Crippen LogP contribution in [0.15, 0.2) is 22.9 Å². The molecule has 1 aromatic heterocycles. The molecule has 15 heavy (non-hydrogen) atoms. The molecule has 0 atom stereocenters. The normalized spacial score (nSPS) is 18.0. The number of aromatic nitrogens is 1. The van der Waals surface area contributed by atoms with Crippen LogP contribution >= 0.6 is 15.9 Å². The summed E-state index contributed by atoms with van der Waals surface area (Å²) in [5.41, 5.74) is 2.73. The number of carbonyl (C=O) groups excluding carboxylic acids is 1. The smallest absolute Gasteiger partial charge is 0.244 e. The number of nitrogens with one attached hydrogen (secondary N) is 1. The van der Waals surface area contributed by atoms with E-state index >= 15 is 0 Å². The maximum Gasteiger partial charge on any atom is 0.244 e. The van der Waals surface area contributed by atoms with Gasteiger partial charge in [0.25, 0.3) is 0 Å². The average molecular weight is 270 g/mol. The van der Waals surface area contributed by atoms with Gasteiger partial charge in [-0.15, -0.1) is 0 Å². The Hall–Kier alpha value is -0.940. The molecule has 1 saturated carbocycles. The molecular formula is C10H12BrN3O. The van der Waals surface area contributed by atoms with Gasteiger partial charge in [-0.05, 0) is 40.4 Å². The van der Waals surface area contributed by atoms with Crippen LogP contribution < -0.4 is 11.3 Å². The number of pyridine rings is 1. The molecule has 3 N–H and O–H groups in total. The monoisotopic (exact) mass is 269 g/mol. The van der Waals surface area contributed by atoms with Crippen LogP contribution in [0.5, 0.6) is 0 Å². The minimum atomic E-state index is -0.453. The number of rotatable bonds is 2. The van der Waals surface area contributed by atoms with E-state index in [4.69, 9.17) is 5.84 Å². The second-order valence-electron chi connectivity index (χ2n) is 3.80. The number of hydrogen-bond donors (Lipinski definition) is 2. The maximum atomic E-state index is 11.7. The molecule has 2 rings (SSSR count). The van der Waals surface area contributed by atoms with Gasteiger partial charge in [-0.3, -0.25) is 15.2 Å². The Labute approximate surface area is 96.4 Å². The first-order chi connectivity index (χ1) is 7.19. The predicted molar refractivity (Wildman–Crippen MR) is 59.8 cm³/mol. The lowest BCUT2D eigenvalue weighted by Gasteiger charge is -2.39. The lowest BCUT2D eigenvalue weighted by atomic mass is 9.64. The molecule has 4 nitrogen and oxygen atoms in total. The van der Waals surface area contributed by atoms with E-state index < -0.39 is 5.41 Å². The fourth-order valence-electron chi connectivity index (χ4n) is 1.99. The summed E-state index contributed by atoms with van der Waals surface area (Å²) in [4.78, 5) is 15.8. The Morgan fingerprint density at radius 3 is 2.73 bits per heavy atom. The van der Waals surface area contributed by atoms with Crippen LogP contribution in [0, 0.1) is 0 Å². The standard InChI is InChI=1S/C10H12BrN3O/c11-8-4-7(5-13-6-8)10(2-1-3-10)9(15)14-12/h4-6H,1-3,12H2,(H,14,15). The fourth-order valence-corrected chi connectivity index (χ4v) is 2.35. The van der Waals surface area contributed by atoms with E-state index in [-0.39, 0.29) is 5.91 Å². The molecule has 0 unspecified atom stereocenters. The third kappa shape index (κ3) is 1.66. The van der Waals surface area contributed by atoms with E-state index in [9.17, 15) is 4.79 Å². The van der Waals surface area contributed by atoms with E-state index in [1.54, 1.807) is 12.4 Å². The van der Waals surface area contributed by atoms with E-state index in [0.717, 1.165) is 29.3 Å². The van der Waals surface area contributed by atoms with Gasteiger partial charge in [0.2, 0.25) is 5.91 Å². The van der Waals surface area contributed by atoms with Crippen molar-refractivity contribution in [3.8, 4) is 0 Å². The molecule has 0 spiro atoms. The molecule has 1 aromatic rings. The van der Waals surface area contributed by atoms with Gasteiger partial charge in [-0.1, -0.05) is 6.42 Å². The third-order valence-electron chi connectivity index (χ3n) is 3.03. The largest absolute Gasteiger partial charge is 0.293 e. The van der Waals surface area contributed by atoms with Gasteiger partial charge >= 0.3 is 0 Å². The van der Waals surface area contributed by atoms with Crippen LogP contribution in [0.25, 0.3) is 0 Å². The highest BCUT2D eigenvalue weighted by atomic mass is 79.9. The Morgan fingerprint density at radius 2 is 2.27 bits per heavy atom. The van der Waals surface area contributed by atoms with Gasteiger partial charge in [0.15, 0.2) is 0 Å². The van der Waals surface area contributed by atoms with Gasteiger partial charge in [0, 0.05) is 16.9 Å². The van der Waals surface area contributed by atoms with Crippen molar-refractivity contribution in [2.24, 2.45) is 5.84 Å². The summed E-state index contributed by atoms with van der Waals surface area (Å²) in [6, 6.07) is 1.93. The molecule has 0 aromatic carbocycles. The number of nitrogens with zero attached hydrogens (tertiary/aromatic N) is 1. The summed E-state index contributed by atoms with van der Waals surface area (Å²) in [6.07, 6.45) is 6.18. The van der Waals surface area contributed by atoms with Crippen molar-refractivity contribution in [2.45, 2.75) is 24.7 Å². The van der Waals surface area contributed by atoms with Crippen LogP contribution in [-0.4, -0.2) is 10.9 Å². The first-order valence-electron chi connectivity index (χ1n) is 4.81. The van der Waals surface area contributed by atoms with E-state index in [0.29, 0.717) is 0 Å². The predicted octanol–water partition coefficient (Wildman–Crippen LogP) is 1.26. The molecule has 1 aliphatic rings. The van der Waals surface area contributed by atoms with Crippen LogP contribution in [0.3, 0.4) is 0 Å². The van der Waals surface area contributed by atoms with E-state index in [2.05, 4.69) is 26.3 Å². The number of carbonyl (C=O) groups is 1. The molecule has 0 saturated heterocycles. The number of hydrogen-bond acceptors (Lipinski definition) is 3. The lowest BCUT2D eigenvalue weighted by molar-refractivity contribution is -0.130. The zero-order valence-electron chi connectivity index (χ0n) is 8.16. The molecule has 0 bridgehead atoms. The summed E-state index contributed by atoms with van der Waals surface area (Å²) in [5, 5.41) is 0. The zero-order valence-corrected chi connectivity index (χ0v) is 9.75. The Kier molecular flexibility index (Phi) is 2.75. The second kappa shape index (κ2) is 3.90. The Morgan fingerprint density at radius 1 is 1.53 bits per heavy atom. The summed E-state index contributed by atoms with van der Waals surface area (Å²) < 4.78 is 0.885. The van der Waals surface area contributed by atoms with Gasteiger partial charge < -0.3 is 0 Å². The highest BCUT2D eigenvalue weighted by molar-refractivity contribution is 9.10. The van der Waals surface area contributed by atoms with Crippen LogP contribution in [0.4, 0.5) is 0 Å². The van der Waals surface area contributed by atoms with Crippen molar-refractivity contribution >= 4 is 21.8 Å². The van der Waals surface area contributed by atoms with Gasteiger partial charge in [0.1, 0.15) is 0 Å². The quantitative estimate of drug-likeness (QED) is 0.483. The number of nitrogens with two attached hydrogens (primary N) is 1. The van der Waals surface area contributed by atoms with Gasteiger partial charge in [-0.2, -0.15) is 0 Å². The molecule has 1 fully saturated rings. The molecule has 1 amide bonds. The fraction of sp³-hybridized carbons (Fsp3) is 0.400. The van der Waals surface area contributed by atoms with E-state index in [1.807, 2.05) is 6.07 Å². The summed E-state index contributed by atoms with van der Waals surface area (Å²) >= 11 is 3.35. The molecule has 5 heteroatoms. The molecule has 0 radical (unpaired) electrons. The highest BCUT2D eigenvalue weighted by Crippen LogP contribution is 2.44. The highest BCUT2D eigenvalue weighted by Gasteiger charge is 2.45. The number of amides is 1. The van der Waals surface area contributed by atoms with Gasteiger partial charge in [-0.25, -0.2) is 5.84 Å².